The summed E-state index contributed by atoms with van der Waals surface area (Å²) in [6.07, 6.45) is 0.627. The van der Waals surface area contributed by atoms with Crippen LogP contribution in [-0.4, -0.2) is 20.7 Å². The van der Waals surface area contributed by atoms with E-state index < -0.39 is 5.97 Å². The zero-order valence-electron chi connectivity index (χ0n) is 11.7. The molecule has 0 bridgehead atoms. The first kappa shape index (κ1) is 14.7. The third-order valence-electron chi connectivity index (χ3n) is 3.45. The second-order valence-electron chi connectivity index (χ2n) is 4.88. The van der Waals surface area contributed by atoms with Crippen molar-refractivity contribution in [2.75, 3.05) is 0 Å². The number of aromatic nitrogens is 2. The van der Waals surface area contributed by atoms with E-state index in [2.05, 4.69) is 21.0 Å². The summed E-state index contributed by atoms with van der Waals surface area (Å²) in [6, 6.07) is 9.58. The van der Waals surface area contributed by atoms with Crippen molar-refractivity contribution in [2.45, 2.75) is 13.3 Å². The third kappa shape index (κ3) is 2.50. The summed E-state index contributed by atoms with van der Waals surface area (Å²) < 4.78 is 16.4. The Kier molecular flexibility index (Phi) is 3.70. The van der Waals surface area contributed by atoms with Gasteiger partial charge in [-0.3, -0.25) is 0 Å². The Morgan fingerprint density at radius 2 is 2.09 bits per heavy atom. The normalized spacial score (nSPS) is 11.0. The molecule has 2 heterocycles. The Balaban J connectivity index is 2.22. The Labute approximate surface area is 134 Å². The molecule has 0 saturated heterocycles. The number of carbonyl (C=O) groups is 1. The highest BCUT2D eigenvalue weighted by Crippen LogP contribution is 2.26. The lowest BCUT2D eigenvalue weighted by Gasteiger charge is -2.04. The molecule has 0 unspecified atom stereocenters. The molecule has 3 aromatic rings. The fraction of sp³-hybridized carbons (Fsp3) is 0.125. The van der Waals surface area contributed by atoms with Crippen LogP contribution in [0.4, 0.5) is 4.39 Å². The molecule has 0 aliphatic rings. The van der Waals surface area contributed by atoms with Crippen LogP contribution in [0.5, 0.6) is 0 Å². The van der Waals surface area contributed by atoms with Crippen LogP contribution in [0.25, 0.3) is 16.8 Å². The van der Waals surface area contributed by atoms with Gasteiger partial charge in [0.1, 0.15) is 5.82 Å². The van der Waals surface area contributed by atoms with Gasteiger partial charge in [0.05, 0.1) is 16.8 Å². The number of nitrogens with zero attached hydrogens (tertiary/aromatic N) is 2. The summed E-state index contributed by atoms with van der Waals surface area (Å²) in [6.45, 7) is 1.92. The fourth-order valence-corrected chi connectivity index (χ4v) is 2.71. The SMILES string of the molecule is CCc1cc(C(=O)O)cc2cc(-c3ccc(Br)cc3F)nn12. The number of halogens is 2. The van der Waals surface area contributed by atoms with Gasteiger partial charge in [-0.25, -0.2) is 13.7 Å². The molecule has 112 valence electrons. The van der Waals surface area contributed by atoms with Crippen molar-refractivity contribution < 1.29 is 14.3 Å². The first-order valence-electron chi connectivity index (χ1n) is 6.71. The number of hydrogen-bond acceptors (Lipinski definition) is 2. The summed E-state index contributed by atoms with van der Waals surface area (Å²) >= 11 is 3.22. The van der Waals surface area contributed by atoms with E-state index in [-0.39, 0.29) is 11.4 Å². The molecule has 3 rings (SSSR count). The number of benzene rings is 1. The fourth-order valence-electron chi connectivity index (χ4n) is 2.37. The molecule has 0 radical (unpaired) electrons. The molecule has 0 aliphatic carbocycles. The van der Waals surface area contributed by atoms with Gasteiger partial charge in [0.2, 0.25) is 0 Å². The second kappa shape index (κ2) is 5.53. The number of rotatable bonds is 3. The third-order valence-corrected chi connectivity index (χ3v) is 3.94. The Morgan fingerprint density at radius 3 is 2.73 bits per heavy atom. The van der Waals surface area contributed by atoms with Crippen molar-refractivity contribution >= 4 is 27.4 Å². The highest BCUT2D eigenvalue weighted by atomic mass is 79.9. The predicted octanol–water partition coefficient (Wildman–Crippen LogP) is 4.16. The Hall–Kier alpha value is -2.21. The van der Waals surface area contributed by atoms with Crippen LogP contribution >= 0.6 is 15.9 Å². The molecule has 1 aromatic carbocycles. The highest BCUT2D eigenvalue weighted by Gasteiger charge is 2.14. The van der Waals surface area contributed by atoms with Crippen LogP contribution in [0.1, 0.15) is 23.0 Å². The van der Waals surface area contributed by atoms with E-state index in [1.165, 1.54) is 12.1 Å². The van der Waals surface area contributed by atoms with E-state index in [9.17, 15) is 9.18 Å². The number of carboxylic acid groups (broad SMARTS) is 1. The van der Waals surface area contributed by atoms with Gasteiger partial charge in [-0.15, -0.1) is 0 Å². The van der Waals surface area contributed by atoms with Gasteiger partial charge in [0.25, 0.3) is 0 Å². The van der Waals surface area contributed by atoms with Crippen LogP contribution < -0.4 is 0 Å². The second-order valence-corrected chi connectivity index (χ2v) is 5.80. The molecule has 2 aromatic heterocycles. The maximum Gasteiger partial charge on any atom is 0.335 e. The molecule has 1 N–H and O–H groups in total. The van der Waals surface area contributed by atoms with E-state index in [4.69, 9.17) is 5.11 Å². The lowest BCUT2D eigenvalue weighted by atomic mass is 10.1. The van der Waals surface area contributed by atoms with Crippen molar-refractivity contribution in [2.24, 2.45) is 0 Å². The number of fused-ring (bicyclic) bond motifs is 1. The van der Waals surface area contributed by atoms with Gasteiger partial charge in [0.15, 0.2) is 0 Å². The quantitative estimate of drug-likeness (QED) is 0.760. The van der Waals surface area contributed by atoms with Crippen LogP contribution in [-0.2, 0) is 6.42 Å². The van der Waals surface area contributed by atoms with Gasteiger partial charge in [-0.05, 0) is 42.8 Å². The standard InChI is InChI=1S/C16H12BrFN2O2/c1-2-11-5-9(16(21)22)6-12-8-15(19-20(11)12)13-4-3-10(17)7-14(13)18/h3-8H,2H2,1H3,(H,21,22). The van der Waals surface area contributed by atoms with Crippen LogP contribution in [0.2, 0.25) is 0 Å². The minimum absolute atomic E-state index is 0.201. The minimum atomic E-state index is -0.991. The predicted molar refractivity (Wildman–Crippen MR) is 84.6 cm³/mol. The number of carboxylic acids is 1. The summed E-state index contributed by atoms with van der Waals surface area (Å²) in [5, 5.41) is 13.6. The Bertz CT molecular complexity index is 889. The maximum atomic E-state index is 14.1. The van der Waals surface area contributed by atoms with E-state index >= 15 is 0 Å². The van der Waals surface area contributed by atoms with Crippen molar-refractivity contribution in [1.29, 1.82) is 0 Å². The molecule has 22 heavy (non-hydrogen) atoms. The minimum Gasteiger partial charge on any atom is -0.478 e. The molecular weight excluding hydrogens is 351 g/mol. The van der Waals surface area contributed by atoms with Gasteiger partial charge < -0.3 is 5.11 Å². The van der Waals surface area contributed by atoms with Gasteiger partial charge in [-0.2, -0.15) is 5.10 Å². The molecule has 0 spiro atoms. The number of aryl methyl sites for hydroxylation is 1. The molecule has 0 atom stereocenters. The molecular formula is C16H12BrFN2O2. The zero-order chi connectivity index (χ0) is 15.9. The van der Waals surface area contributed by atoms with E-state index in [0.29, 0.717) is 27.7 Å². The van der Waals surface area contributed by atoms with Crippen LogP contribution in [0, 0.1) is 5.82 Å². The van der Waals surface area contributed by atoms with Gasteiger partial charge in [-0.1, -0.05) is 22.9 Å². The van der Waals surface area contributed by atoms with Crippen LogP contribution in [0.15, 0.2) is 40.9 Å². The summed E-state index contributed by atoms with van der Waals surface area (Å²) in [7, 11) is 0. The average Bonchev–Trinajstić information content (AvgIpc) is 2.89. The average molecular weight is 363 g/mol. The first-order valence-corrected chi connectivity index (χ1v) is 7.50. The van der Waals surface area contributed by atoms with Crippen molar-refractivity contribution in [3.05, 3.63) is 57.9 Å². The molecule has 0 amide bonds. The molecule has 6 heteroatoms. The van der Waals surface area contributed by atoms with Crippen LogP contribution in [0.3, 0.4) is 0 Å². The maximum absolute atomic E-state index is 14.1. The molecule has 0 fully saturated rings. The number of pyridine rings is 1. The largest absolute Gasteiger partial charge is 0.478 e. The number of hydrogen-bond donors (Lipinski definition) is 1. The van der Waals surface area contributed by atoms with E-state index in [1.807, 2.05) is 6.92 Å². The number of aromatic carboxylic acids is 1. The van der Waals surface area contributed by atoms with Crippen molar-refractivity contribution in [3.8, 4) is 11.3 Å². The molecule has 4 nitrogen and oxygen atoms in total. The lowest BCUT2D eigenvalue weighted by Crippen LogP contribution is -2.03. The van der Waals surface area contributed by atoms with Gasteiger partial charge in [0, 0.05) is 15.7 Å². The molecule has 0 saturated carbocycles. The molecule has 0 aliphatic heterocycles. The first-order chi connectivity index (χ1) is 10.5. The summed E-state index contributed by atoms with van der Waals surface area (Å²) in [5.74, 6) is -1.37. The Morgan fingerprint density at radius 1 is 1.32 bits per heavy atom. The monoisotopic (exact) mass is 362 g/mol. The van der Waals surface area contributed by atoms with E-state index in [0.717, 1.165) is 5.69 Å². The van der Waals surface area contributed by atoms with E-state index in [1.54, 1.807) is 28.8 Å². The highest BCUT2D eigenvalue weighted by molar-refractivity contribution is 9.10. The summed E-state index contributed by atoms with van der Waals surface area (Å²) in [5.41, 5.74) is 2.45. The topological polar surface area (TPSA) is 54.6 Å². The smallest absolute Gasteiger partial charge is 0.335 e. The lowest BCUT2D eigenvalue weighted by molar-refractivity contribution is 0.0696. The zero-order valence-corrected chi connectivity index (χ0v) is 13.3. The van der Waals surface area contributed by atoms with Gasteiger partial charge >= 0.3 is 5.97 Å². The van der Waals surface area contributed by atoms with Crippen molar-refractivity contribution in [3.63, 3.8) is 0 Å². The summed E-state index contributed by atoms with van der Waals surface area (Å²) in [4.78, 5) is 11.2. The van der Waals surface area contributed by atoms with Crippen molar-refractivity contribution in [1.82, 2.24) is 9.61 Å².